The first-order valence-corrected chi connectivity index (χ1v) is 7.90. The van der Waals surface area contributed by atoms with Crippen LogP contribution in [0.5, 0.6) is 0 Å². The van der Waals surface area contributed by atoms with Crippen molar-refractivity contribution in [3.05, 3.63) is 36.2 Å². The highest BCUT2D eigenvalue weighted by molar-refractivity contribution is 7.99. The monoisotopic (exact) mass is 317 g/mol. The van der Waals surface area contributed by atoms with Crippen LogP contribution in [0.3, 0.4) is 0 Å². The van der Waals surface area contributed by atoms with Gasteiger partial charge in [0.2, 0.25) is 11.1 Å². The normalized spacial score (nSPS) is 13.6. The van der Waals surface area contributed by atoms with Crippen molar-refractivity contribution in [2.45, 2.75) is 23.9 Å². The number of aromatic nitrogens is 3. The summed E-state index contributed by atoms with van der Waals surface area (Å²) in [6.07, 6.45) is 2.28. The Balaban J connectivity index is 1.42. The van der Waals surface area contributed by atoms with Gasteiger partial charge in [-0.05, 0) is 25.0 Å². The van der Waals surface area contributed by atoms with Gasteiger partial charge in [0.05, 0.1) is 5.75 Å². The standard InChI is InChI=1S/C14H15N5O2S/c20-11(16-13(21)15-10-4-2-1-3-5-10)8-22-14-17-12(18-19-14)9-6-7-9/h1-5,9H,6-8H2,(H,17,18,19)(H2,15,16,20,21). The Bertz CT molecular complexity index is 669. The van der Waals surface area contributed by atoms with Crippen molar-refractivity contribution in [1.82, 2.24) is 20.5 Å². The molecule has 1 heterocycles. The number of anilines is 1. The number of H-pyrrole nitrogens is 1. The molecule has 114 valence electrons. The Labute approximate surface area is 131 Å². The van der Waals surface area contributed by atoms with Gasteiger partial charge in [-0.3, -0.25) is 15.2 Å². The molecule has 1 aliphatic rings. The molecule has 1 saturated carbocycles. The zero-order valence-electron chi connectivity index (χ0n) is 11.7. The number of amides is 3. The van der Waals surface area contributed by atoms with Gasteiger partial charge in [-0.15, -0.1) is 5.10 Å². The summed E-state index contributed by atoms with van der Waals surface area (Å²) in [5, 5.41) is 12.3. The summed E-state index contributed by atoms with van der Waals surface area (Å²) in [6.45, 7) is 0. The van der Waals surface area contributed by atoms with Crippen LogP contribution in [-0.2, 0) is 4.79 Å². The van der Waals surface area contributed by atoms with Crippen LogP contribution in [-0.4, -0.2) is 32.9 Å². The predicted octanol–water partition coefficient (Wildman–Crippen LogP) is 2.12. The van der Waals surface area contributed by atoms with Crippen LogP contribution in [0.1, 0.15) is 24.6 Å². The van der Waals surface area contributed by atoms with Crippen molar-refractivity contribution in [3.8, 4) is 0 Å². The predicted molar refractivity (Wildman–Crippen MR) is 82.7 cm³/mol. The molecule has 0 radical (unpaired) electrons. The number of imide groups is 1. The summed E-state index contributed by atoms with van der Waals surface area (Å²) in [5.74, 6) is 1.07. The Hall–Kier alpha value is -2.35. The van der Waals surface area contributed by atoms with Crippen LogP contribution < -0.4 is 10.6 Å². The van der Waals surface area contributed by atoms with E-state index in [1.54, 1.807) is 24.3 Å². The van der Waals surface area contributed by atoms with Crippen LogP contribution in [0.4, 0.5) is 10.5 Å². The summed E-state index contributed by atoms with van der Waals surface area (Å²) >= 11 is 1.20. The van der Waals surface area contributed by atoms with Gasteiger partial charge in [0.25, 0.3) is 0 Å². The SMILES string of the molecule is O=C(CSc1n[nH]c(C2CC2)n1)NC(=O)Nc1ccccc1. The molecular weight excluding hydrogens is 302 g/mol. The number of hydrogen-bond acceptors (Lipinski definition) is 5. The second-order valence-electron chi connectivity index (χ2n) is 4.93. The summed E-state index contributed by atoms with van der Waals surface area (Å²) in [6, 6.07) is 8.38. The summed E-state index contributed by atoms with van der Waals surface area (Å²) < 4.78 is 0. The van der Waals surface area contributed by atoms with Gasteiger partial charge in [0, 0.05) is 11.6 Å². The summed E-state index contributed by atoms with van der Waals surface area (Å²) in [7, 11) is 0. The zero-order chi connectivity index (χ0) is 15.4. The second-order valence-corrected chi connectivity index (χ2v) is 5.88. The van der Waals surface area contributed by atoms with Crippen LogP contribution in [0, 0.1) is 0 Å². The van der Waals surface area contributed by atoms with Gasteiger partial charge in [-0.25, -0.2) is 9.78 Å². The van der Waals surface area contributed by atoms with Crippen LogP contribution >= 0.6 is 11.8 Å². The largest absolute Gasteiger partial charge is 0.325 e. The van der Waals surface area contributed by atoms with Crippen LogP contribution in [0.25, 0.3) is 0 Å². The Morgan fingerprint density at radius 1 is 1.27 bits per heavy atom. The molecule has 7 nitrogen and oxygen atoms in total. The number of nitrogens with one attached hydrogen (secondary N) is 3. The smallest absolute Gasteiger partial charge is 0.308 e. The average molecular weight is 317 g/mol. The second kappa shape index (κ2) is 6.61. The first-order chi connectivity index (χ1) is 10.7. The molecule has 0 atom stereocenters. The van der Waals surface area contributed by atoms with Gasteiger partial charge in [-0.2, -0.15) is 0 Å². The molecule has 3 amide bonds. The molecular formula is C14H15N5O2S. The third-order valence-corrected chi connectivity index (χ3v) is 3.91. The number of carbonyl (C=O) groups excluding carboxylic acids is 2. The van der Waals surface area contributed by atoms with Gasteiger partial charge < -0.3 is 5.32 Å². The molecule has 2 aromatic rings. The molecule has 3 N–H and O–H groups in total. The molecule has 1 fully saturated rings. The lowest BCUT2D eigenvalue weighted by molar-refractivity contribution is -0.117. The topological polar surface area (TPSA) is 99.8 Å². The average Bonchev–Trinajstić information content (AvgIpc) is 3.25. The van der Waals surface area contributed by atoms with E-state index in [1.807, 2.05) is 6.07 Å². The highest BCUT2D eigenvalue weighted by Gasteiger charge is 2.27. The van der Waals surface area contributed by atoms with Gasteiger partial charge in [0.1, 0.15) is 5.82 Å². The number of para-hydroxylation sites is 1. The van der Waals surface area contributed by atoms with E-state index < -0.39 is 11.9 Å². The van der Waals surface area contributed by atoms with Gasteiger partial charge in [0.15, 0.2) is 0 Å². The maximum atomic E-state index is 11.7. The fraction of sp³-hybridized carbons (Fsp3) is 0.286. The van der Waals surface area contributed by atoms with E-state index >= 15 is 0 Å². The minimum atomic E-state index is -0.551. The van der Waals surface area contributed by atoms with E-state index in [4.69, 9.17) is 0 Å². The molecule has 0 unspecified atom stereocenters. The molecule has 1 aromatic carbocycles. The maximum absolute atomic E-state index is 11.7. The third-order valence-electron chi connectivity index (χ3n) is 3.06. The number of nitrogens with zero attached hydrogens (tertiary/aromatic N) is 2. The van der Waals surface area contributed by atoms with Crippen LogP contribution in [0.2, 0.25) is 0 Å². The zero-order valence-corrected chi connectivity index (χ0v) is 12.5. The fourth-order valence-electron chi connectivity index (χ4n) is 1.84. The number of thioether (sulfide) groups is 1. The number of aromatic amines is 1. The van der Waals surface area contributed by atoms with Crippen LogP contribution in [0.15, 0.2) is 35.5 Å². The van der Waals surface area contributed by atoms with Crippen molar-refractivity contribution in [3.63, 3.8) is 0 Å². The molecule has 0 spiro atoms. The lowest BCUT2D eigenvalue weighted by Crippen LogP contribution is -2.35. The van der Waals surface area contributed by atoms with E-state index in [-0.39, 0.29) is 5.75 Å². The molecule has 8 heteroatoms. The fourth-order valence-corrected chi connectivity index (χ4v) is 2.44. The Morgan fingerprint density at radius 2 is 2.05 bits per heavy atom. The number of urea groups is 1. The van der Waals surface area contributed by atoms with E-state index in [0.717, 1.165) is 18.7 Å². The van der Waals surface area contributed by atoms with E-state index in [2.05, 4.69) is 25.8 Å². The van der Waals surface area contributed by atoms with Crippen molar-refractivity contribution >= 4 is 29.4 Å². The molecule has 3 rings (SSSR count). The lowest BCUT2D eigenvalue weighted by Gasteiger charge is -2.05. The molecule has 22 heavy (non-hydrogen) atoms. The highest BCUT2D eigenvalue weighted by Crippen LogP contribution is 2.38. The first-order valence-electron chi connectivity index (χ1n) is 6.91. The summed E-state index contributed by atoms with van der Waals surface area (Å²) in [4.78, 5) is 27.7. The maximum Gasteiger partial charge on any atom is 0.325 e. The quantitative estimate of drug-likeness (QED) is 0.734. The highest BCUT2D eigenvalue weighted by atomic mass is 32.2. The Morgan fingerprint density at radius 3 is 2.77 bits per heavy atom. The Kier molecular flexibility index (Phi) is 4.38. The van der Waals surface area contributed by atoms with Crippen molar-refractivity contribution in [1.29, 1.82) is 0 Å². The third kappa shape index (κ3) is 4.08. The van der Waals surface area contributed by atoms with Crippen molar-refractivity contribution in [2.75, 3.05) is 11.1 Å². The van der Waals surface area contributed by atoms with E-state index in [1.165, 1.54) is 11.8 Å². The molecule has 1 aromatic heterocycles. The van der Waals surface area contributed by atoms with E-state index in [0.29, 0.717) is 16.8 Å². The van der Waals surface area contributed by atoms with E-state index in [9.17, 15) is 9.59 Å². The minimum Gasteiger partial charge on any atom is -0.308 e. The summed E-state index contributed by atoms with van der Waals surface area (Å²) in [5.41, 5.74) is 0.628. The number of rotatable bonds is 5. The molecule has 0 saturated heterocycles. The number of benzene rings is 1. The first kappa shape index (κ1) is 14.6. The lowest BCUT2D eigenvalue weighted by atomic mass is 10.3. The number of hydrogen-bond donors (Lipinski definition) is 3. The van der Waals surface area contributed by atoms with Gasteiger partial charge in [-0.1, -0.05) is 30.0 Å². The van der Waals surface area contributed by atoms with Crippen molar-refractivity contribution < 1.29 is 9.59 Å². The minimum absolute atomic E-state index is 0.0875. The molecule has 0 aliphatic heterocycles. The van der Waals surface area contributed by atoms with Gasteiger partial charge >= 0.3 is 6.03 Å². The number of carbonyl (C=O) groups is 2. The molecule has 0 bridgehead atoms. The molecule has 1 aliphatic carbocycles. The van der Waals surface area contributed by atoms with Crippen molar-refractivity contribution in [2.24, 2.45) is 0 Å².